The Morgan fingerprint density at radius 1 is 0.833 bits per heavy atom. The van der Waals surface area contributed by atoms with Gasteiger partial charge in [-0.05, 0) is 42.5 Å². The van der Waals surface area contributed by atoms with Crippen molar-refractivity contribution in [2.45, 2.75) is 11.8 Å². The fourth-order valence-electron chi connectivity index (χ4n) is 2.60. The van der Waals surface area contributed by atoms with Gasteiger partial charge in [-0.25, -0.2) is 0 Å². The van der Waals surface area contributed by atoms with Crippen molar-refractivity contribution in [3.63, 3.8) is 0 Å². The summed E-state index contributed by atoms with van der Waals surface area (Å²) >= 11 is 31.2. The van der Waals surface area contributed by atoms with Crippen molar-refractivity contribution in [2.75, 3.05) is 10.6 Å². The van der Waals surface area contributed by atoms with Crippen molar-refractivity contribution in [2.24, 2.45) is 0 Å². The van der Waals surface area contributed by atoms with Crippen LogP contribution < -0.4 is 10.6 Å². The molecule has 0 atom stereocenters. The molecule has 0 aliphatic carbocycles. The van der Waals surface area contributed by atoms with Crippen LogP contribution in [-0.4, -0.2) is 11.8 Å². The average molecular weight is 523 g/mol. The van der Waals surface area contributed by atoms with Gasteiger partial charge in [0.25, 0.3) is 11.8 Å². The lowest BCUT2D eigenvalue weighted by Gasteiger charge is -2.12. The molecule has 0 saturated carbocycles. The summed E-state index contributed by atoms with van der Waals surface area (Å²) in [5.41, 5.74) is 1.63. The number of nitrogens with one attached hydrogen (secondary N) is 2. The van der Waals surface area contributed by atoms with Crippen LogP contribution in [0.4, 0.5) is 11.4 Å². The van der Waals surface area contributed by atoms with Gasteiger partial charge in [0.15, 0.2) is 0 Å². The minimum absolute atomic E-state index is 0.139. The van der Waals surface area contributed by atoms with E-state index in [0.717, 1.165) is 16.2 Å². The van der Waals surface area contributed by atoms with Gasteiger partial charge in [0.1, 0.15) is 4.88 Å². The van der Waals surface area contributed by atoms with Gasteiger partial charge in [0.05, 0.1) is 28.0 Å². The fourth-order valence-corrected chi connectivity index (χ4v) is 5.06. The summed E-state index contributed by atoms with van der Waals surface area (Å²) in [6.45, 7) is 0. The molecule has 0 unspecified atom stereocenters. The second-order valence-electron chi connectivity index (χ2n) is 6.02. The van der Waals surface area contributed by atoms with Crippen LogP contribution >= 0.6 is 69.3 Å². The molecule has 1 heterocycles. The zero-order valence-electron chi connectivity index (χ0n) is 15.1. The second kappa shape index (κ2) is 10.2. The minimum atomic E-state index is -0.476. The smallest absolute Gasteiger partial charge is 0.267 e. The maximum atomic E-state index is 12.8. The van der Waals surface area contributed by atoms with Crippen molar-refractivity contribution in [3.05, 3.63) is 78.4 Å². The van der Waals surface area contributed by atoms with E-state index in [1.807, 2.05) is 0 Å². The first kappa shape index (κ1) is 23.2. The molecule has 30 heavy (non-hydrogen) atoms. The second-order valence-corrected chi connectivity index (χ2v) is 8.91. The van der Waals surface area contributed by atoms with E-state index in [0.29, 0.717) is 21.3 Å². The van der Waals surface area contributed by atoms with E-state index in [2.05, 4.69) is 10.6 Å². The van der Waals surface area contributed by atoms with Gasteiger partial charge in [0.2, 0.25) is 0 Å². The highest BCUT2D eigenvalue weighted by molar-refractivity contribution is 7.15. The molecule has 10 heteroatoms. The largest absolute Gasteiger partial charge is 0.322 e. The molecular formula is C20H13Cl5N2O2S. The molecule has 2 N–H and O–H groups in total. The third-order valence-corrected chi connectivity index (χ3v) is 7.00. The lowest BCUT2D eigenvalue weighted by atomic mass is 10.1. The van der Waals surface area contributed by atoms with Gasteiger partial charge < -0.3 is 10.6 Å². The normalized spacial score (nSPS) is 10.7. The maximum Gasteiger partial charge on any atom is 0.267 e. The molecule has 0 bridgehead atoms. The standard InChI is InChI=1S/C20H13Cl5N2O2S/c21-8-14-16(9-22)30-18(17(14)25)20(29)27-15-6-3-11(24)7-13(15)19(28)26-12-4-1-10(23)2-5-12/h1-7H,8-9H2,(H,26,28)(H,27,29). The van der Waals surface area contributed by atoms with Crippen LogP contribution in [0, 0.1) is 0 Å². The van der Waals surface area contributed by atoms with Crippen molar-refractivity contribution in [1.82, 2.24) is 0 Å². The first-order valence-corrected chi connectivity index (χ1v) is 11.5. The summed E-state index contributed by atoms with van der Waals surface area (Å²) in [5, 5.41) is 6.61. The number of rotatable bonds is 6. The van der Waals surface area contributed by atoms with E-state index in [1.54, 1.807) is 36.4 Å². The topological polar surface area (TPSA) is 58.2 Å². The van der Waals surface area contributed by atoms with Crippen LogP contribution in [0.3, 0.4) is 0 Å². The van der Waals surface area contributed by atoms with Crippen LogP contribution in [0.25, 0.3) is 0 Å². The van der Waals surface area contributed by atoms with E-state index in [4.69, 9.17) is 58.0 Å². The highest BCUT2D eigenvalue weighted by Crippen LogP contribution is 2.36. The van der Waals surface area contributed by atoms with E-state index < -0.39 is 11.8 Å². The third-order valence-electron chi connectivity index (χ3n) is 4.06. The SMILES string of the molecule is O=C(Nc1ccc(Cl)cc1)c1cc(Cl)ccc1NC(=O)c1sc(CCl)c(CCl)c1Cl. The molecule has 156 valence electrons. The molecule has 0 saturated heterocycles. The first-order valence-electron chi connectivity index (χ1n) is 8.43. The molecule has 0 aliphatic heterocycles. The Hall–Kier alpha value is -1.47. The van der Waals surface area contributed by atoms with Gasteiger partial charge in [-0.3, -0.25) is 9.59 Å². The summed E-state index contributed by atoms with van der Waals surface area (Å²) in [6, 6.07) is 11.2. The summed E-state index contributed by atoms with van der Waals surface area (Å²) in [5.74, 6) is -0.596. The predicted octanol–water partition coefficient (Wildman–Crippen LogP) is 7.69. The Balaban J connectivity index is 1.88. The molecule has 4 nitrogen and oxygen atoms in total. The molecule has 0 fully saturated rings. The number of carbonyl (C=O) groups excluding carboxylic acids is 2. The molecular weight excluding hydrogens is 510 g/mol. The fraction of sp³-hybridized carbons (Fsp3) is 0.100. The number of halogens is 5. The van der Waals surface area contributed by atoms with E-state index in [1.165, 1.54) is 6.07 Å². The van der Waals surface area contributed by atoms with Gasteiger partial charge in [0, 0.05) is 26.2 Å². The summed E-state index contributed by atoms with van der Waals surface area (Å²) in [6.07, 6.45) is 0. The molecule has 3 aromatic rings. The predicted molar refractivity (Wildman–Crippen MR) is 127 cm³/mol. The van der Waals surface area contributed by atoms with Crippen LogP contribution in [0.1, 0.15) is 30.5 Å². The zero-order valence-corrected chi connectivity index (χ0v) is 19.7. The van der Waals surface area contributed by atoms with Crippen molar-refractivity contribution in [1.29, 1.82) is 0 Å². The number of thiophene rings is 1. The zero-order chi connectivity index (χ0) is 21.8. The van der Waals surface area contributed by atoms with Crippen molar-refractivity contribution >= 4 is 92.5 Å². The Morgan fingerprint density at radius 3 is 2.10 bits per heavy atom. The maximum absolute atomic E-state index is 12.8. The Morgan fingerprint density at radius 2 is 1.50 bits per heavy atom. The van der Waals surface area contributed by atoms with Gasteiger partial charge in [-0.15, -0.1) is 34.5 Å². The molecule has 0 aliphatic rings. The van der Waals surface area contributed by atoms with E-state index >= 15 is 0 Å². The minimum Gasteiger partial charge on any atom is -0.322 e. The van der Waals surface area contributed by atoms with Crippen LogP contribution in [-0.2, 0) is 11.8 Å². The van der Waals surface area contributed by atoms with Crippen molar-refractivity contribution < 1.29 is 9.59 Å². The van der Waals surface area contributed by atoms with Crippen molar-refractivity contribution in [3.8, 4) is 0 Å². The lowest BCUT2D eigenvalue weighted by Crippen LogP contribution is -2.18. The number of hydrogen-bond acceptors (Lipinski definition) is 3. The Labute approximate surface area is 202 Å². The van der Waals surface area contributed by atoms with Gasteiger partial charge in [-0.2, -0.15) is 0 Å². The number of amides is 2. The molecule has 0 spiro atoms. The van der Waals surface area contributed by atoms with Crippen LogP contribution in [0.2, 0.25) is 15.1 Å². The number of hydrogen-bond donors (Lipinski definition) is 2. The number of carbonyl (C=O) groups is 2. The summed E-state index contributed by atoms with van der Waals surface area (Å²) in [7, 11) is 0. The van der Waals surface area contributed by atoms with Crippen LogP contribution in [0.5, 0.6) is 0 Å². The number of alkyl halides is 2. The number of anilines is 2. The molecule has 1 aromatic heterocycles. The van der Waals surface area contributed by atoms with Gasteiger partial charge in [-0.1, -0.05) is 34.8 Å². The van der Waals surface area contributed by atoms with E-state index in [9.17, 15) is 9.59 Å². The van der Waals surface area contributed by atoms with Crippen LogP contribution in [0.15, 0.2) is 42.5 Å². The highest BCUT2D eigenvalue weighted by atomic mass is 35.5. The quantitative estimate of drug-likeness (QED) is 0.326. The summed E-state index contributed by atoms with van der Waals surface area (Å²) in [4.78, 5) is 26.6. The molecule has 2 aromatic carbocycles. The number of benzene rings is 2. The molecule has 3 rings (SSSR count). The monoisotopic (exact) mass is 520 g/mol. The Kier molecular flexibility index (Phi) is 7.91. The highest BCUT2D eigenvalue weighted by Gasteiger charge is 2.22. The third kappa shape index (κ3) is 5.22. The first-order chi connectivity index (χ1) is 14.3. The van der Waals surface area contributed by atoms with E-state index in [-0.39, 0.29) is 32.9 Å². The molecule has 0 radical (unpaired) electrons. The average Bonchev–Trinajstić information content (AvgIpc) is 3.06. The van der Waals surface area contributed by atoms with Gasteiger partial charge >= 0.3 is 0 Å². The lowest BCUT2D eigenvalue weighted by molar-refractivity contribution is 0.102. The summed E-state index contributed by atoms with van der Waals surface area (Å²) < 4.78 is 0. The molecule has 2 amide bonds. The Bertz CT molecular complexity index is 1100.